The minimum Gasteiger partial charge on any atom is -0.497 e. The van der Waals surface area contributed by atoms with Crippen LogP contribution in [0.4, 0.5) is 4.79 Å². The topological polar surface area (TPSA) is 84.9 Å². The second-order valence-electron chi connectivity index (χ2n) is 7.79. The summed E-state index contributed by atoms with van der Waals surface area (Å²) in [6.07, 6.45) is -0.323. The molecule has 0 aliphatic heterocycles. The number of fused-ring (bicyclic) bond motifs is 3. The second kappa shape index (κ2) is 9.56. The monoisotopic (exact) mass is 431 g/mol. The molecule has 32 heavy (non-hydrogen) atoms. The van der Waals surface area contributed by atoms with Gasteiger partial charge < -0.3 is 19.9 Å². The molecule has 6 heteroatoms. The number of hydrogen-bond donors (Lipinski definition) is 2. The fourth-order valence-electron chi connectivity index (χ4n) is 4.15. The first kappa shape index (κ1) is 21.4. The average Bonchev–Trinajstić information content (AvgIpc) is 3.14. The van der Waals surface area contributed by atoms with Crippen molar-refractivity contribution in [2.75, 3.05) is 20.3 Å². The lowest BCUT2D eigenvalue weighted by Crippen LogP contribution is -2.35. The van der Waals surface area contributed by atoms with Gasteiger partial charge in [0.25, 0.3) is 0 Å². The summed E-state index contributed by atoms with van der Waals surface area (Å²) in [7, 11) is 1.58. The van der Waals surface area contributed by atoms with E-state index in [1.165, 1.54) is 0 Å². The first-order valence-electron chi connectivity index (χ1n) is 10.5. The molecule has 6 nitrogen and oxygen atoms in total. The quantitative estimate of drug-likeness (QED) is 0.549. The minimum absolute atomic E-state index is 0.0158. The summed E-state index contributed by atoms with van der Waals surface area (Å²) in [6.45, 7) is 0.175. The Kier molecular flexibility index (Phi) is 6.40. The Hall–Kier alpha value is -3.80. The minimum atomic E-state index is -0.972. The van der Waals surface area contributed by atoms with E-state index in [4.69, 9.17) is 9.47 Å². The van der Waals surface area contributed by atoms with E-state index in [1.807, 2.05) is 36.4 Å². The zero-order valence-corrected chi connectivity index (χ0v) is 17.8. The zero-order chi connectivity index (χ0) is 22.5. The predicted molar refractivity (Wildman–Crippen MR) is 121 cm³/mol. The van der Waals surface area contributed by atoms with Gasteiger partial charge in [-0.15, -0.1) is 0 Å². The fraction of sp³-hybridized carbons (Fsp3) is 0.231. The summed E-state index contributed by atoms with van der Waals surface area (Å²) in [6, 6.07) is 23.4. The number of hydrogen-bond acceptors (Lipinski definition) is 4. The van der Waals surface area contributed by atoms with Crippen LogP contribution in [0.1, 0.15) is 22.6 Å². The van der Waals surface area contributed by atoms with E-state index in [1.54, 1.807) is 19.2 Å². The number of carbonyl (C=O) groups is 2. The summed E-state index contributed by atoms with van der Waals surface area (Å²) in [4.78, 5) is 24.0. The average molecular weight is 431 g/mol. The van der Waals surface area contributed by atoms with Crippen LogP contribution in [0.25, 0.3) is 11.1 Å². The highest BCUT2D eigenvalue weighted by Crippen LogP contribution is 2.44. The highest BCUT2D eigenvalue weighted by atomic mass is 16.5. The molecule has 1 atom stereocenters. The SMILES string of the molecule is COc1ccc(C[C@@H](CNC(=O)OCC2c3ccccc3-c3ccccc32)C(=O)O)cc1. The van der Waals surface area contributed by atoms with Crippen molar-refractivity contribution in [1.29, 1.82) is 0 Å². The fourth-order valence-corrected chi connectivity index (χ4v) is 4.15. The van der Waals surface area contributed by atoms with Crippen molar-refractivity contribution in [2.24, 2.45) is 5.92 Å². The molecule has 1 aliphatic rings. The molecule has 0 saturated carbocycles. The first-order chi connectivity index (χ1) is 15.6. The van der Waals surface area contributed by atoms with Crippen LogP contribution in [0.5, 0.6) is 5.75 Å². The van der Waals surface area contributed by atoms with Gasteiger partial charge in [0, 0.05) is 12.5 Å². The molecular formula is C26H25NO5. The summed E-state index contributed by atoms with van der Waals surface area (Å²) in [5.74, 6) is -1.07. The van der Waals surface area contributed by atoms with Gasteiger partial charge in [0.15, 0.2) is 0 Å². The van der Waals surface area contributed by atoms with E-state index < -0.39 is 18.0 Å². The number of amides is 1. The summed E-state index contributed by atoms with van der Waals surface area (Å²) >= 11 is 0. The van der Waals surface area contributed by atoms with Crippen molar-refractivity contribution in [3.63, 3.8) is 0 Å². The Bertz CT molecular complexity index is 1060. The van der Waals surface area contributed by atoms with Gasteiger partial charge in [0.2, 0.25) is 0 Å². The van der Waals surface area contributed by atoms with E-state index in [2.05, 4.69) is 29.6 Å². The number of rotatable bonds is 8. The molecule has 0 radical (unpaired) electrons. The molecule has 0 spiro atoms. The Balaban J connectivity index is 1.35. The number of alkyl carbamates (subject to hydrolysis) is 1. The Morgan fingerprint density at radius 2 is 1.53 bits per heavy atom. The normalized spacial score (nSPS) is 13.0. The van der Waals surface area contributed by atoms with Crippen LogP contribution in [0.2, 0.25) is 0 Å². The lowest BCUT2D eigenvalue weighted by Gasteiger charge is -2.16. The molecule has 3 aromatic rings. The maximum Gasteiger partial charge on any atom is 0.407 e. The number of aliphatic carboxylic acids is 1. The third-order valence-corrected chi connectivity index (χ3v) is 5.83. The molecule has 1 aliphatic carbocycles. The highest BCUT2D eigenvalue weighted by Gasteiger charge is 2.29. The molecule has 0 bridgehead atoms. The van der Waals surface area contributed by atoms with Crippen LogP contribution in [-0.2, 0) is 16.0 Å². The third-order valence-electron chi connectivity index (χ3n) is 5.83. The van der Waals surface area contributed by atoms with Gasteiger partial charge in [-0.2, -0.15) is 0 Å². The third kappa shape index (κ3) is 4.59. The van der Waals surface area contributed by atoms with Crippen molar-refractivity contribution >= 4 is 12.1 Å². The Morgan fingerprint density at radius 3 is 2.09 bits per heavy atom. The van der Waals surface area contributed by atoms with Crippen molar-refractivity contribution in [3.8, 4) is 16.9 Å². The number of methoxy groups -OCH3 is 1. The summed E-state index contributed by atoms with van der Waals surface area (Å²) in [5.41, 5.74) is 5.42. The van der Waals surface area contributed by atoms with Crippen LogP contribution >= 0.6 is 0 Å². The van der Waals surface area contributed by atoms with Crippen molar-refractivity contribution in [3.05, 3.63) is 89.5 Å². The maximum absolute atomic E-state index is 12.3. The van der Waals surface area contributed by atoms with Gasteiger partial charge in [-0.3, -0.25) is 4.79 Å². The molecule has 0 heterocycles. The van der Waals surface area contributed by atoms with Crippen LogP contribution in [0, 0.1) is 5.92 Å². The van der Waals surface area contributed by atoms with Crippen LogP contribution in [-0.4, -0.2) is 37.4 Å². The number of benzene rings is 3. The van der Waals surface area contributed by atoms with Crippen molar-refractivity contribution in [1.82, 2.24) is 5.32 Å². The van der Waals surface area contributed by atoms with Crippen molar-refractivity contribution in [2.45, 2.75) is 12.3 Å². The van der Waals surface area contributed by atoms with Gasteiger partial charge in [-0.05, 0) is 46.4 Å². The van der Waals surface area contributed by atoms with E-state index in [9.17, 15) is 14.7 Å². The molecule has 1 amide bonds. The number of carboxylic acid groups (broad SMARTS) is 1. The van der Waals surface area contributed by atoms with E-state index in [0.717, 1.165) is 27.8 Å². The lowest BCUT2D eigenvalue weighted by molar-refractivity contribution is -0.141. The van der Waals surface area contributed by atoms with E-state index in [0.29, 0.717) is 12.2 Å². The number of ether oxygens (including phenoxy) is 2. The maximum atomic E-state index is 12.3. The van der Waals surface area contributed by atoms with Gasteiger partial charge >= 0.3 is 12.1 Å². The summed E-state index contributed by atoms with van der Waals surface area (Å²) < 4.78 is 10.6. The molecular weight excluding hydrogens is 406 g/mol. The molecule has 0 saturated heterocycles. The van der Waals surface area contributed by atoms with Gasteiger partial charge in [-0.25, -0.2) is 4.79 Å². The van der Waals surface area contributed by atoms with Crippen molar-refractivity contribution < 1.29 is 24.2 Å². The molecule has 3 aromatic carbocycles. The number of carbonyl (C=O) groups excluding carboxylic acids is 1. The van der Waals surface area contributed by atoms with Crippen LogP contribution < -0.4 is 10.1 Å². The summed E-state index contributed by atoms with van der Waals surface area (Å²) in [5, 5.41) is 12.2. The molecule has 2 N–H and O–H groups in total. The number of nitrogens with one attached hydrogen (secondary N) is 1. The standard InChI is InChI=1S/C26H25NO5/c1-31-19-12-10-17(11-13-19)14-18(25(28)29)15-27-26(30)32-16-24-22-8-4-2-6-20(22)21-7-3-5-9-23(21)24/h2-13,18,24H,14-16H2,1H3,(H,27,30)(H,28,29)/t18-/m0/s1. The first-order valence-corrected chi connectivity index (χ1v) is 10.5. The number of carboxylic acids is 1. The molecule has 4 rings (SSSR count). The van der Waals surface area contributed by atoms with Crippen LogP contribution in [0.15, 0.2) is 72.8 Å². The zero-order valence-electron chi connectivity index (χ0n) is 17.8. The van der Waals surface area contributed by atoms with Crippen LogP contribution in [0.3, 0.4) is 0 Å². The highest BCUT2D eigenvalue weighted by molar-refractivity contribution is 5.79. The van der Waals surface area contributed by atoms with E-state index in [-0.39, 0.29) is 19.1 Å². The molecule has 164 valence electrons. The Labute approximate surface area is 186 Å². The molecule has 0 unspecified atom stereocenters. The Morgan fingerprint density at radius 1 is 0.938 bits per heavy atom. The molecule has 0 fully saturated rings. The van der Waals surface area contributed by atoms with Gasteiger partial charge in [0.05, 0.1) is 13.0 Å². The lowest BCUT2D eigenvalue weighted by atomic mass is 9.98. The molecule has 0 aromatic heterocycles. The van der Waals surface area contributed by atoms with Gasteiger partial charge in [0.1, 0.15) is 12.4 Å². The smallest absolute Gasteiger partial charge is 0.407 e. The predicted octanol–water partition coefficient (Wildman–Crippen LogP) is 4.48. The largest absolute Gasteiger partial charge is 0.497 e. The second-order valence-corrected chi connectivity index (χ2v) is 7.79. The van der Waals surface area contributed by atoms with Gasteiger partial charge in [-0.1, -0.05) is 60.7 Å². The van der Waals surface area contributed by atoms with E-state index >= 15 is 0 Å².